The zero-order valence-corrected chi connectivity index (χ0v) is 11.9. The van der Waals surface area contributed by atoms with E-state index in [0.717, 1.165) is 19.3 Å². The molecule has 0 bridgehead atoms. The summed E-state index contributed by atoms with van der Waals surface area (Å²) in [4.78, 5) is 11.2. The minimum atomic E-state index is -0.565. The van der Waals surface area contributed by atoms with Crippen LogP contribution in [0, 0.1) is 0 Å². The number of unbranched alkanes of at least 4 members (excludes halogenated alkanes) is 5. The van der Waals surface area contributed by atoms with E-state index >= 15 is 0 Å². The zero-order valence-electron chi connectivity index (χ0n) is 11.9. The Labute approximate surface area is 111 Å². The molecule has 0 fully saturated rings. The van der Waals surface area contributed by atoms with Gasteiger partial charge in [0.05, 0.1) is 6.10 Å². The van der Waals surface area contributed by atoms with Crippen molar-refractivity contribution in [1.82, 2.24) is 0 Å². The average Bonchev–Trinajstić information content (AvgIpc) is 2.34. The largest absolute Gasteiger partial charge is 0.463 e. The van der Waals surface area contributed by atoms with E-state index in [1.54, 1.807) is 6.92 Å². The van der Waals surface area contributed by atoms with Crippen LogP contribution < -0.4 is 0 Å². The molecule has 0 radical (unpaired) electrons. The third-order valence-corrected chi connectivity index (χ3v) is 2.64. The Morgan fingerprint density at radius 1 is 1.17 bits per heavy atom. The van der Waals surface area contributed by atoms with Crippen LogP contribution >= 0.6 is 0 Å². The van der Waals surface area contributed by atoms with Crippen LogP contribution in [0.1, 0.15) is 65.2 Å². The summed E-state index contributed by atoms with van der Waals surface area (Å²) in [5.41, 5.74) is 0. The van der Waals surface area contributed by atoms with Crippen LogP contribution in [0.5, 0.6) is 0 Å². The summed E-state index contributed by atoms with van der Waals surface area (Å²) in [6.07, 6.45) is 12.3. The minimum Gasteiger partial charge on any atom is -0.463 e. The van der Waals surface area contributed by atoms with Gasteiger partial charge in [-0.15, -0.1) is 0 Å². The van der Waals surface area contributed by atoms with Crippen LogP contribution in [-0.2, 0) is 9.53 Å². The average molecular weight is 256 g/mol. The van der Waals surface area contributed by atoms with Gasteiger partial charge in [-0.05, 0) is 32.6 Å². The first-order valence-electron chi connectivity index (χ1n) is 7.15. The maximum Gasteiger partial charge on any atom is 0.305 e. The van der Waals surface area contributed by atoms with Gasteiger partial charge >= 0.3 is 5.97 Å². The lowest BCUT2D eigenvalue weighted by Gasteiger charge is -2.06. The second-order valence-corrected chi connectivity index (χ2v) is 4.72. The van der Waals surface area contributed by atoms with Crippen molar-refractivity contribution in [2.45, 2.75) is 71.3 Å². The quantitative estimate of drug-likeness (QED) is 0.349. The molecule has 0 saturated heterocycles. The molecule has 0 aromatic heterocycles. The predicted octanol–water partition coefficient (Wildman–Crippen LogP) is 3.61. The summed E-state index contributed by atoms with van der Waals surface area (Å²) in [6.45, 7) is 3.87. The van der Waals surface area contributed by atoms with Gasteiger partial charge < -0.3 is 9.84 Å². The summed E-state index contributed by atoms with van der Waals surface area (Å²) in [5, 5.41) is 8.95. The zero-order chi connectivity index (χ0) is 13.6. The summed E-state index contributed by atoms with van der Waals surface area (Å²) in [5.74, 6) is -0.193. The highest BCUT2D eigenvalue weighted by Crippen LogP contribution is 2.08. The van der Waals surface area contributed by atoms with Crippen molar-refractivity contribution in [3.63, 3.8) is 0 Å². The number of allylic oxidation sites excluding steroid dienone is 2. The molecule has 0 aliphatic heterocycles. The van der Waals surface area contributed by atoms with Crippen LogP contribution in [0.25, 0.3) is 0 Å². The molecule has 106 valence electrons. The van der Waals surface area contributed by atoms with Crippen molar-refractivity contribution in [1.29, 1.82) is 0 Å². The van der Waals surface area contributed by atoms with Gasteiger partial charge in [-0.1, -0.05) is 38.3 Å². The number of hydrogen-bond donors (Lipinski definition) is 1. The topological polar surface area (TPSA) is 46.5 Å². The number of aliphatic hydroxyl groups excluding tert-OH is 1. The Morgan fingerprint density at radius 2 is 1.83 bits per heavy atom. The molecule has 0 heterocycles. The van der Waals surface area contributed by atoms with Crippen LogP contribution in [0.4, 0.5) is 0 Å². The van der Waals surface area contributed by atoms with Gasteiger partial charge in [0.15, 0.2) is 0 Å². The second kappa shape index (κ2) is 12.6. The highest BCUT2D eigenvalue weighted by Gasteiger charge is 2.04. The monoisotopic (exact) mass is 256 g/mol. The molecular weight excluding hydrogens is 228 g/mol. The normalized spacial score (nSPS) is 12.8. The number of carbonyl (C=O) groups is 1. The molecule has 0 amide bonds. The molecule has 0 aromatic rings. The van der Waals surface area contributed by atoms with Crippen LogP contribution in [0.15, 0.2) is 12.2 Å². The SMILES string of the molecule is CCC=CCCCCCCCC(=O)OCC(C)O. The maximum absolute atomic E-state index is 11.2. The molecule has 0 aliphatic carbocycles. The third-order valence-electron chi connectivity index (χ3n) is 2.64. The first-order valence-corrected chi connectivity index (χ1v) is 7.15. The Balaban J connectivity index is 3.20. The lowest BCUT2D eigenvalue weighted by atomic mass is 10.1. The van der Waals surface area contributed by atoms with Crippen molar-refractivity contribution in [2.75, 3.05) is 6.61 Å². The fourth-order valence-corrected chi connectivity index (χ4v) is 1.63. The van der Waals surface area contributed by atoms with Gasteiger partial charge in [0.1, 0.15) is 6.61 Å². The molecule has 1 N–H and O–H groups in total. The molecule has 0 rings (SSSR count). The van der Waals surface area contributed by atoms with Crippen molar-refractivity contribution < 1.29 is 14.6 Å². The Hall–Kier alpha value is -0.830. The molecule has 18 heavy (non-hydrogen) atoms. The fourth-order valence-electron chi connectivity index (χ4n) is 1.63. The number of hydrogen-bond acceptors (Lipinski definition) is 3. The molecule has 0 aliphatic rings. The maximum atomic E-state index is 11.2. The van der Waals surface area contributed by atoms with E-state index < -0.39 is 6.10 Å². The van der Waals surface area contributed by atoms with E-state index in [0.29, 0.717) is 6.42 Å². The molecule has 0 saturated carbocycles. The van der Waals surface area contributed by atoms with Crippen molar-refractivity contribution >= 4 is 5.97 Å². The van der Waals surface area contributed by atoms with Gasteiger partial charge in [0.25, 0.3) is 0 Å². The van der Waals surface area contributed by atoms with Crippen LogP contribution in [0.3, 0.4) is 0 Å². The van der Waals surface area contributed by atoms with E-state index in [1.165, 1.54) is 25.7 Å². The summed E-state index contributed by atoms with van der Waals surface area (Å²) in [6, 6.07) is 0. The first-order chi connectivity index (χ1) is 8.66. The van der Waals surface area contributed by atoms with Gasteiger partial charge in [0, 0.05) is 6.42 Å². The van der Waals surface area contributed by atoms with Gasteiger partial charge in [0.2, 0.25) is 0 Å². The summed E-state index contributed by atoms with van der Waals surface area (Å²) < 4.78 is 4.88. The Bertz CT molecular complexity index is 222. The Morgan fingerprint density at radius 3 is 2.50 bits per heavy atom. The van der Waals surface area contributed by atoms with Gasteiger partial charge in [-0.25, -0.2) is 0 Å². The van der Waals surface area contributed by atoms with Crippen molar-refractivity contribution in [3.8, 4) is 0 Å². The summed E-state index contributed by atoms with van der Waals surface area (Å²) >= 11 is 0. The Kier molecular flexibility index (Phi) is 12.0. The standard InChI is InChI=1S/C15H28O3/c1-3-4-5-6-7-8-9-10-11-12-15(17)18-13-14(2)16/h4-5,14,16H,3,6-13H2,1-2H3. The molecule has 1 unspecified atom stereocenters. The molecular formula is C15H28O3. The van der Waals surface area contributed by atoms with Crippen molar-refractivity contribution in [3.05, 3.63) is 12.2 Å². The number of rotatable bonds is 11. The molecule has 0 spiro atoms. The molecule has 0 aromatic carbocycles. The van der Waals surface area contributed by atoms with E-state index in [9.17, 15) is 4.79 Å². The third kappa shape index (κ3) is 13.2. The predicted molar refractivity (Wildman–Crippen MR) is 74.4 cm³/mol. The fraction of sp³-hybridized carbons (Fsp3) is 0.800. The lowest BCUT2D eigenvalue weighted by Crippen LogP contribution is -2.14. The van der Waals surface area contributed by atoms with Gasteiger partial charge in [-0.2, -0.15) is 0 Å². The first kappa shape index (κ1) is 17.2. The number of ether oxygens (including phenoxy) is 1. The molecule has 3 nitrogen and oxygen atoms in total. The second-order valence-electron chi connectivity index (χ2n) is 4.72. The minimum absolute atomic E-state index is 0.114. The number of aliphatic hydroxyl groups is 1. The van der Waals surface area contributed by atoms with Gasteiger partial charge in [-0.3, -0.25) is 4.79 Å². The smallest absolute Gasteiger partial charge is 0.305 e. The number of carbonyl (C=O) groups excluding carboxylic acids is 1. The van der Waals surface area contributed by atoms with E-state index in [4.69, 9.17) is 9.84 Å². The van der Waals surface area contributed by atoms with E-state index in [-0.39, 0.29) is 12.6 Å². The van der Waals surface area contributed by atoms with Crippen LogP contribution in [-0.4, -0.2) is 23.8 Å². The number of esters is 1. The molecule has 3 heteroatoms. The van der Waals surface area contributed by atoms with Crippen LogP contribution in [0.2, 0.25) is 0 Å². The van der Waals surface area contributed by atoms with Crippen molar-refractivity contribution in [2.24, 2.45) is 0 Å². The lowest BCUT2D eigenvalue weighted by molar-refractivity contribution is -0.146. The highest BCUT2D eigenvalue weighted by atomic mass is 16.5. The highest BCUT2D eigenvalue weighted by molar-refractivity contribution is 5.69. The summed E-state index contributed by atoms with van der Waals surface area (Å²) in [7, 11) is 0. The molecule has 1 atom stereocenters. The van der Waals surface area contributed by atoms with E-state index in [2.05, 4.69) is 19.1 Å². The van der Waals surface area contributed by atoms with E-state index in [1.807, 2.05) is 0 Å².